The van der Waals surface area contributed by atoms with Gasteiger partial charge in [0.05, 0.1) is 0 Å². The van der Waals surface area contributed by atoms with Crippen LogP contribution in [-0.2, 0) is 11.3 Å². The molecule has 3 rings (SSSR count). The molecule has 0 spiro atoms. The first-order valence-corrected chi connectivity index (χ1v) is 9.54. The average Bonchev–Trinajstić information content (AvgIpc) is 2.78. The fourth-order valence-electron chi connectivity index (χ4n) is 2.84. The van der Waals surface area contributed by atoms with Gasteiger partial charge < -0.3 is 10.1 Å². The number of carbonyl (C=O) groups excluding carboxylic acids is 2. The van der Waals surface area contributed by atoms with Gasteiger partial charge in [0.15, 0.2) is 5.78 Å². The highest BCUT2D eigenvalue weighted by Crippen LogP contribution is 2.16. The fourth-order valence-corrected chi connectivity index (χ4v) is 2.84. The van der Waals surface area contributed by atoms with Crippen molar-refractivity contribution in [1.82, 2.24) is 5.32 Å². The van der Waals surface area contributed by atoms with Crippen molar-refractivity contribution in [3.63, 3.8) is 0 Å². The maximum absolute atomic E-state index is 12.7. The second-order valence-corrected chi connectivity index (χ2v) is 6.46. The molecule has 0 unspecified atom stereocenters. The highest BCUT2D eigenvalue weighted by molar-refractivity contribution is 6.11. The Morgan fingerprint density at radius 3 is 2.24 bits per heavy atom. The third-order valence-corrected chi connectivity index (χ3v) is 4.33. The number of carbonyl (C=O) groups is 2. The Balaban J connectivity index is 1.48. The quantitative estimate of drug-likeness (QED) is 0.426. The van der Waals surface area contributed by atoms with Gasteiger partial charge in [-0.15, -0.1) is 0 Å². The van der Waals surface area contributed by atoms with Gasteiger partial charge in [0.25, 0.3) is 0 Å². The monoisotopic (exact) mass is 385 g/mol. The molecule has 0 radical (unpaired) electrons. The lowest BCUT2D eigenvalue weighted by molar-refractivity contribution is 0.103. The van der Waals surface area contributed by atoms with E-state index in [1.807, 2.05) is 97.1 Å². The summed E-state index contributed by atoms with van der Waals surface area (Å²) in [6.45, 7) is 0.705. The summed E-state index contributed by atoms with van der Waals surface area (Å²) < 4.78 is 5.17. The number of rotatable bonds is 8. The molecule has 0 atom stereocenters. The molecule has 4 nitrogen and oxygen atoms in total. The molecule has 1 N–H and O–H groups in total. The Morgan fingerprint density at radius 1 is 0.828 bits per heavy atom. The number of hydrogen-bond acceptors (Lipinski definition) is 3. The summed E-state index contributed by atoms with van der Waals surface area (Å²) in [5, 5.41) is 2.72. The Bertz CT molecular complexity index is 966. The Morgan fingerprint density at radius 2 is 1.48 bits per heavy atom. The van der Waals surface area contributed by atoms with Gasteiger partial charge in [0, 0.05) is 17.7 Å². The molecule has 0 aliphatic rings. The third-order valence-electron chi connectivity index (χ3n) is 4.33. The fraction of sp³-hybridized carbons (Fsp3) is 0.120. The number of amides is 1. The van der Waals surface area contributed by atoms with Crippen molar-refractivity contribution in [3.05, 3.63) is 113 Å². The SMILES string of the molecule is O=C(NCCC=Cc1ccccc1C(=O)c1ccccc1)OCc1ccccc1. The van der Waals surface area contributed by atoms with E-state index in [0.717, 1.165) is 11.1 Å². The first-order chi connectivity index (χ1) is 14.2. The van der Waals surface area contributed by atoms with Crippen LogP contribution in [0.2, 0.25) is 0 Å². The molecule has 0 aliphatic carbocycles. The van der Waals surface area contributed by atoms with Crippen molar-refractivity contribution in [1.29, 1.82) is 0 Å². The van der Waals surface area contributed by atoms with E-state index in [1.165, 1.54) is 0 Å². The maximum Gasteiger partial charge on any atom is 0.407 e. The van der Waals surface area contributed by atoms with Gasteiger partial charge in [0.1, 0.15) is 6.61 Å². The summed E-state index contributed by atoms with van der Waals surface area (Å²) in [7, 11) is 0. The maximum atomic E-state index is 12.7. The van der Waals surface area contributed by atoms with E-state index >= 15 is 0 Å². The van der Waals surface area contributed by atoms with Crippen molar-refractivity contribution in [2.75, 3.05) is 6.54 Å². The van der Waals surface area contributed by atoms with E-state index in [-0.39, 0.29) is 12.4 Å². The smallest absolute Gasteiger partial charge is 0.407 e. The van der Waals surface area contributed by atoms with Crippen LogP contribution < -0.4 is 5.32 Å². The van der Waals surface area contributed by atoms with Crippen LogP contribution in [0.15, 0.2) is 91.0 Å². The van der Waals surface area contributed by atoms with E-state index in [1.54, 1.807) is 0 Å². The van der Waals surface area contributed by atoms with Crippen molar-refractivity contribution < 1.29 is 14.3 Å². The summed E-state index contributed by atoms with van der Waals surface area (Å²) in [6.07, 6.45) is 4.04. The lowest BCUT2D eigenvalue weighted by atomic mass is 9.98. The van der Waals surface area contributed by atoms with Gasteiger partial charge in [-0.1, -0.05) is 97.1 Å². The molecule has 0 saturated carbocycles. The molecule has 0 aliphatic heterocycles. The molecule has 1 amide bonds. The number of ether oxygens (including phenoxy) is 1. The molecular weight excluding hydrogens is 362 g/mol. The molecule has 29 heavy (non-hydrogen) atoms. The number of ketones is 1. The summed E-state index contributed by atoms with van der Waals surface area (Å²) >= 11 is 0. The standard InChI is InChI=1S/C25H23NO3/c27-24(22-15-5-2-6-16-22)23-17-8-7-13-21(23)14-9-10-18-26-25(28)29-19-20-11-3-1-4-12-20/h1-9,11-17H,10,18-19H2,(H,26,28). The third kappa shape index (κ3) is 6.18. The van der Waals surface area contributed by atoms with Crippen molar-refractivity contribution >= 4 is 18.0 Å². The molecule has 3 aromatic carbocycles. The van der Waals surface area contributed by atoms with Crippen LogP contribution in [0.25, 0.3) is 6.08 Å². The van der Waals surface area contributed by atoms with Gasteiger partial charge in [0.2, 0.25) is 0 Å². The van der Waals surface area contributed by atoms with Crippen molar-refractivity contribution in [3.8, 4) is 0 Å². The predicted octanol–water partition coefficient (Wildman–Crippen LogP) is 5.25. The van der Waals surface area contributed by atoms with Crippen LogP contribution in [0.1, 0.15) is 33.5 Å². The minimum absolute atomic E-state index is 0.00605. The molecule has 0 fully saturated rings. The summed E-state index contributed by atoms with van der Waals surface area (Å²) in [6, 6.07) is 26.3. The number of benzene rings is 3. The van der Waals surface area contributed by atoms with E-state index < -0.39 is 6.09 Å². The van der Waals surface area contributed by atoms with Gasteiger partial charge >= 0.3 is 6.09 Å². The van der Waals surface area contributed by atoms with E-state index in [4.69, 9.17) is 4.74 Å². The Kier molecular flexibility index (Phi) is 7.35. The van der Waals surface area contributed by atoms with E-state index in [2.05, 4.69) is 5.32 Å². The lowest BCUT2D eigenvalue weighted by Gasteiger charge is -2.06. The normalized spacial score (nSPS) is 10.6. The number of nitrogens with one attached hydrogen (secondary N) is 1. The molecule has 4 heteroatoms. The molecule has 146 valence electrons. The molecule has 3 aromatic rings. The predicted molar refractivity (Wildman–Crippen MR) is 115 cm³/mol. The topological polar surface area (TPSA) is 55.4 Å². The van der Waals surface area contributed by atoms with E-state index in [0.29, 0.717) is 24.1 Å². The molecular formula is C25H23NO3. The van der Waals surface area contributed by atoms with Crippen molar-refractivity contribution in [2.24, 2.45) is 0 Å². The highest BCUT2D eigenvalue weighted by atomic mass is 16.5. The zero-order valence-electron chi connectivity index (χ0n) is 16.1. The first-order valence-electron chi connectivity index (χ1n) is 9.54. The second kappa shape index (κ2) is 10.6. The van der Waals surface area contributed by atoms with E-state index in [9.17, 15) is 9.59 Å². The Hall–Kier alpha value is -3.66. The van der Waals surface area contributed by atoms with Crippen LogP contribution in [0.5, 0.6) is 0 Å². The van der Waals surface area contributed by atoms with Crippen LogP contribution in [-0.4, -0.2) is 18.4 Å². The summed E-state index contributed by atoms with van der Waals surface area (Å²) in [5.41, 5.74) is 3.12. The number of hydrogen-bond donors (Lipinski definition) is 1. The van der Waals surface area contributed by atoms with Crippen LogP contribution in [0, 0.1) is 0 Å². The van der Waals surface area contributed by atoms with Crippen LogP contribution >= 0.6 is 0 Å². The minimum atomic E-state index is -0.443. The largest absolute Gasteiger partial charge is 0.445 e. The van der Waals surface area contributed by atoms with Crippen LogP contribution in [0.3, 0.4) is 0 Å². The molecule has 0 saturated heterocycles. The van der Waals surface area contributed by atoms with Gasteiger partial charge in [-0.3, -0.25) is 4.79 Å². The van der Waals surface area contributed by atoms with Crippen molar-refractivity contribution in [2.45, 2.75) is 13.0 Å². The molecule has 0 heterocycles. The van der Waals surface area contributed by atoms with Gasteiger partial charge in [-0.05, 0) is 17.5 Å². The second-order valence-electron chi connectivity index (χ2n) is 6.46. The highest BCUT2D eigenvalue weighted by Gasteiger charge is 2.11. The average molecular weight is 385 g/mol. The lowest BCUT2D eigenvalue weighted by Crippen LogP contribution is -2.24. The summed E-state index contributed by atoms with van der Waals surface area (Å²) in [4.78, 5) is 24.5. The number of alkyl carbamates (subject to hydrolysis) is 1. The molecule has 0 aromatic heterocycles. The molecule has 0 bridgehead atoms. The van der Waals surface area contributed by atoms with Gasteiger partial charge in [-0.2, -0.15) is 0 Å². The zero-order chi connectivity index (χ0) is 20.3. The summed E-state index contributed by atoms with van der Waals surface area (Å²) in [5.74, 6) is -0.00605. The zero-order valence-corrected chi connectivity index (χ0v) is 16.1. The van der Waals surface area contributed by atoms with Gasteiger partial charge in [-0.25, -0.2) is 4.79 Å². The Labute approximate surface area is 170 Å². The van der Waals surface area contributed by atoms with Crippen LogP contribution in [0.4, 0.5) is 4.79 Å². The minimum Gasteiger partial charge on any atom is -0.445 e. The first kappa shape index (κ1) is 20.1.